The number of carbonyl (C=O) groups is 1. The number of hydrogen-bond donors (Lipinski definition) is 3. The lowest BCUT2D eigenvalue weighted by Gasteiger charge is -2.15. The third kappa shape index (κ3) is 6.60. The molecule has 0 aliphatic carbocycles. The van der Waals surface area contributed by atoms with Crippen molar-refractivity contribution in [2.75, 3.05) is 44.4 Å². The maximum absolute atomic E-state index is 12.0. The van der Waals surface area contributed by atoms with E-state index >= 15 is 0 Å². The summed E-state index contributed by atoms with van der Waals surface area (Å²) in [5, 5.41) is 20.4. The van der Waals surface area contributed by atoms with Crippen LogP contribution in [0, 0.1) is 0 Å². The summed E-state index contributed by atoms with van der Waals surface area (Å²) in [5.74, 6) is 0.494. The van der Waals surface area contributed by atoms with E-state index in [4.69, 9.17) is 10.1 Å². The molecule has 2 amide bonds. The maximum atomic E-state index is 12.0. The van der Waals surface area contributed by atoms with Crippen LogP contribution in [0.5, 0.6) is 0 Å². The molecule has 0 radical (unpaired) electrons. The summed E-state index contributed by atoms with van der Waals surface area (Å²) in [6, 6.07) is 17.5. The Hall–Kier alpha value is -4.28. The molecule has 0 unspecified atom stereocenters. The summed E-state index contributed by atoms with van der Waals surface area (Å²) >= 11 is 0. The van der Waals surface area contributed by atoms with Crippen molar-refractivity contribution in [3.8, 4) is 22.5 Å². The molecule has 1 saturated heterocycles. The molecule has 1 aliphatic rings. The van der Waals surface area contributed by atoms with Crippen molar-refractivity contribution >= 4 is 23.4 Å². The average molecular weight is 527 g/mol. The van der Waals surface area contributed by atoms with Crippen molar-refractivity contribution in [3.63, 3.8) is 0 Å². The monoisotopic (exact) mass is 526 g/mol. The minimum absolute atomic E-state index is 0.0274. The van der Waals surface area contributed by atoms with E-state index in [0.717, 1.165) is 42.1 Å². The molecule has 0 spiro atoms. The van der Waals surface area contributed by atoms with Gasteiger partial charge in [-0.3, -0.25) is 9.58 Å². The van der Waals surface area contributed by atoms with Crippen molar-refractivity contribution in [2.45, 2.75) is 25.9 Å². The molecule has 39 heavy (non-hydrogen) atoms. The first-order chi connectivity index (χ1) is 19.0. The van der Waals surface area contributed by atoms with Gasteiger partial charge in [-0.1, -0.05) is 24.3 Å². The van der Waals surface area contributed by atoms with E-state index in [1.807, 2.05) is 42.6 Å². The second-order valence-corrected chi connectivity index (χ2v) is 9.85. The zero-order valence-electron chi connectivity index (χ0n) is 22.3. The van der Waals surface area contributed by atoms with Crippen LogP contribution in [0.2, 0.25) is 0 Å². The molecule has 0 atom stereocenters. The highest BCUT2D eigenvalue weighted by atomic mass is 16.3. The Bertz CT molecular complexity index is 1410. The Balaban J connectivity index is 1.39. The summed E-state index contributed by atoms with van der Waals surface area (Å²) in [7, 11) is 3.39. The lowest BCUT2D eigenvalue weighted by atomic mass is 10.1. The van der Waals surface area contributed by atoms with Gasteiger partial charge in [-0.15, -0.1) is 0 Å². The molecule has 10 heteroatoms. The number of aromatic nitrogens is 4. The van der Waals surface area contributed by atoms with Crippen molar-refractivity contribution in [2.24, 2.45) is 0 Å². The van der Waals surface area contributed by atoms with Gasteiger partial charge in [0.1, 0.15) is 5.69 Å². The van der Waals surface area contributed by atoms with Crippen LogP contribution >= 0.6 is 0 Å². The zero-order chi connectivity index (χ0) is 27.2. The number of aliphatic hydroxyl groups excluding tert-OH is 1. The maximum Gasteiger partial charge on any atom is 0.321 e. The second kappa shape index (κ2) is 12.1. The Labute approximate surface area is 228 Å². The molecule has 3 heterocycles. The van der Waals surface area contributed by atoms with Gasteiger partial charge >= 0.3 is 6.03 Å². The lowest BCUT2D eigenvalue weighted by Crippen LogP contribution is -2.27. The summed E-state index contributed by atoms with van der Waals surface area (Å²) in [6.45, 7) is 3.59. The molecule has 202 valence electrons. The van der Waals surface area contributed by atoms with Crippen molar-refractivity contribution in [3.05, 3.63) is 72.6 Å². The summed E-state index contributed by atoms with van der Waals surface area (Å²) < 4.78 is 1.71. The van der Waals surface area contributed by atoms with E-state index in [-0.39, 0.29) is 12.6 Å². The number of likely N-dealkylation sites (tertiary alicyclic amines) is 1. The van der Waals surface area contributed by atoms with Crippen LogP contribution in [0.1, 0.15) is 18.4 Å². The number of anilines is 3. The molecule has 5 rings (SSSR count). The van der Waals surface area contributed by atoms with E-state index in [1.54, 1.807) is 25.0 Å². The largest absolute Gasteiger partial charge is 0.394 e. The van der Waals surface area contributed by atoms with Gasteiger partial charge in [0.15, 0.2) is 0 Å². The topological polar surface area (TPSA) is 111 Å². The molecule has 1 fully saturated rings. The SMILES string of the molecule is CN(C)C(=O)Nc1ccc(-c2nn(CCO)cc2-c2ccnc(Nc3cccc(CN4CCCC4)c3)n2)cc1. The number of nitrogens with one attached hydrogen (secondary N) is 2. The predicted octanol–water partition coefficient (Wildman–Crippen LogP) is 4.43. The fourth-order valence-corrected chi connectivity index (χ4v) is 4.63. The van der Waals surface area contributed by atoms with Gasteiger partial charge in [0.25, 0.3) is 0 Å². The van der Waals surface area contributed by atoms with Crippen LogP contribution in [0.4, 0.5) is 22.1 Å². The first kappa shape index (κ1) is 26.3. The molecule has 0 bridgehead atoms. The zero-order valence-corrected chi connectivity index (χ0v) is 22.3. The number of rotatable bonds is 9. The first-order valence-corrected chi connectivity index (χ1v) is 13.2. The normalized spacial score (nSPS) is 13.4. The summed E-state index contributed by atoms with van der Waals surface area (Å²) in [4.78, 5) is 25.2. The first-order valence-electron chi connectivity index (χ1n) is 13.2. The number of urea groups is 1. The van der Waals surface area contributed by atoms with E-state index in [9.17, 15) is 9.90 Å². The second-order valence-electron chi connectivity index (χ2n) is 9.85. The molecular weight excluding hydrogens is 492 g/mol. The number of carbonyl (C=O) groups excluding carboxylic acids is 1. The van der Waals surface area contributed by atoms with Crippen LogP contribution in [-0.2, 0) is 13.1 Å². The van der Waals surface area contributed by atoms with Crippen molar-refractivity contribution in [1.82, 2.24) is 29.5 Å². The molecular formula is C29H34N8O2. The molecule has 3 N–H and O–H groups in total. The standard InChI is InChI=1S/C29H34N8O2/c1-35(2)29(39)32-23-10-8-22(9-11-23)27-25(20-37(34-27)16-17-38)26-12-13-30-28(33-26)31-24-7-5-6-21(18-24)19-36-14-3-4-15-36/h5-13,18,20,38H,3-4,14-17,19H2,1-2H3,(H,32,39)(H,30,31,33). The van der Waals surface area contributed by atoms with Crippen LogP contribution in [0.3, 0.4) is 0 Å². The minimum Gasteiger partial charge on any atom is -0.394 e. The molecule has 0 saturated carbocycles. The summed E-state index contributed by atoms with van der Waals surface area (Å²) in [5.41, 5.74) is 6.02. The molecule has 4 aromatic rings. The smallest absolute Gasteiger partial charge is 0.321 e. The molecule has 2 aromatic heterocycles. The van der Waals surface area contributed by atoms with Gasteiger partial charge in [-0.25, -0.2) is 14.8 Å². The van der Waals surface area contributed by atoms with Gasteiger partial charge in [-0.05, 0) is 61.8 Å². The number of aliphatic hydroxyl groups is 1. The Morgan fingerprint density at radius 3 is 2.59 bits per heavy atom. The Morgan fingerprint density at radius 2 is 1.85 bits per heavy atom. The molecule has 10 nitrogen and oxygen atoms in total. The number of hydrogen-bond acceptors (Lipinski definition) is 7. The Morgan fingerprint density at radius 1 is 1.05 bits per heavy atom. The molecule has 1 aliphatic heterocycles. The fourth-order valence-electron chi connectivity index (χ4n) is 4.63. The number of benzene rings is 2. The third-order valence-corrected chi connectivity index (χ3v) is 6.63. The lowest BCUT2D eigenvalue weighted by molar-refractivity contribution is 0.230. The van der Waals surface area contributed by atoms with Gasteiger partial charge in [-0.2, -0.15) is 5.10 Å². The van der Waals surface area contributed by atoms with E-state index < -0.39 is 0 Å². The highest BCUT2D eigenvalue weighted by Crippen LogP contribution is 2.31. The Kier molecular flexibility index (Phi) is 8.14. The fraction of sp³-hybridized carbons (Fsp3) is 0.310. The van der Waals surface area contributed by atoms with Gasteiger partial charge in [0.2, 0.25) is 5.95 Å². The van der Waals surface area contributed by atoms with E-state index in [0.29, 0.717) is 23.9 Å². The van der Waals surface area contributed by atoms with Crippen LogP contribution in [0.25, 0.3) is 22.5 Å². The summed E-state index contributed by atoms with van der Waals surface area (Å²) in [6.07, 6.45) is 6.15. The van der Waals surface area contributed by atoms with Gasteiger partial charge in [0.05, 0.1) is 18.8 Å². The minimum atomic E-state index is -0.196. The molecule has 2 aromatic carbocycles. The predicted molar refractivity (Wildman–Crippen MR) is 153 cm³/mol. The highest BCUT2D eigenvalue weighted by Gasteiger charge is 2.16. The highest BCUT2D eigenvalue weighted by molar-refractivity contribution is 5.89. The average Bonchev–Trinajstić information content (AvgIpc) is 3.60. The van der Waals surface area contributed by atoms with Crippen LogP contribution in [-0.4, -0.2) is 74.5 Å². The number of nitrogens with zero attached hydrogens (tertiary/aromatic N) is 6. The van der Waals surface area contributed by atoms with Crippen LogP contribution in [0.15, 0.2) is 67.0 Å². The van der Waals surface area contributed by atoms with Gasteiger partial charge in [0, 0.05) is 55.5 Å². The number of amides is 2. The van der Waals surface area contributed by atoms with Crippen LogP contribution < -0.4 is 10.6 Å². The quantitative estimate of drug-likeness (QED) is 0.296. The van der Waals surface area contributed by atoms with Crippen molar-refractivity contribution in [1.29, 1.82) is 0 Å². The van der Waals surface area contributed by atoms with Gasteiger partial charge < -0.3 is 20.6 Å². The van der Waals surface area contributed by atoms with Crippen molar-refractivity contribution < 1.29 is 9.90 Å². The van der Waals surface area contributed by atoms with E-state index in [2.05, 4.69) is 38.7 Å². The third-order valence-electron chi connectivity index (χ3n) is 6.63. The van der Waals surface area contributed by atoms with E-state index in [1.165, 1.54) is 23.3 Å².